The monoisotopic (exact) mass is 296 g/mol. The van der Waals surface area contributed by atoms with Gasteiger partial charge in [-0.2, -0.15) is 9.65 Å². The van der Waals surface area contributed by atoms with Gasteiger partial charge in [0.1, 0.15) is 6.07 Å². The number of nitrogens with zero attached hydrogens (tertiary/aromatic N) is 3. The van der Waals surface area contributed by atoms with Gasteiger partial charge < -0.3 is 10.3 Å². The van der Waals surface area contributed by atoms with E-state index < -0.39 is 11.9 Å². The van der Waals surface area contributed by atoms with E-state index in [1.807, 2.05) is 16.7 Å². The number of amides is 1. The zero-order valence-corrected chi connectivity index (χ0v) is 11.7. The number of halogens is 1. The highest BCUT2D eigenvalue weighted by Gasteiger charge is 2.26. The van der Waals surface area contributed by atoms with Gasteiger partial charge in [-0.05, 0) is 24.6 Å². The van der Waals surface area contributed by atoms with Crippen molar-refractivity contribution >= 4 is 12.0 Å². The van der Waals surface area contributed by atoms with Gasteiger partial charge in [0.15, 0.2) is 0 Å². The highest BCUT2D eigenvalue weighted by Crippen LogP contribution is 2.35. The van der Waals surface area contributed by atoms with Crippen LogP contribution in [0, 0.1) is 17.3 Å². The minimum atomic E-state index is -0.639. The number of carbonyl (C=O) groups is 1. The second-order valence-corrected chi connectivity index (χ2v) is 5.03. The van der Waals surface area contributed by atoms with E-state index in [0.717, 1.165) is 12.1 Å². The van der Waals surface area contributed by atoms with Crippen LogP contribution in [-0.4, -0.2) is 15.5 Å². The Morgan fingerprint density at radius 2 is 2.36 bits per heavy atom. The van der Waals surface area contributed by atoms with Crippen LogP contribution in [0.25, 0.3) is 17.3 Å². The minimum Gasteiger partial charge on any atom is -0.369 e. The highest BCUT2D eigenvalue weighted by molar-refractivity contribution is 5.83. The molecule has 0 saturated heterocycles. The Balaban J connectivity index is 2.33. The van der Waals surface area contributed by atoms with Gasteiger partial charge in [0.05, 0.1) is 23.2 Å². The van der Waals surface area contributed by atoms with Crippen molar-refractivity contribution in [2.75, 3.05) is 0 Å². The van der Waals surface area contributed by atoms with E-state index in [0.29, 0.717) is 17.8 Å². The molecule has 2 aromatic rings. The Morgan fingerprint density at radius 1 is 1.55 bits per heavy atom. The summed E-state index contributed by atoms with van der Waals surface area (Å²) in [6.45, 7) is 0.614. The molecule has 1 amide bonds. The third-order valence-corrected chi connectivity index (χ3v) is 3.68. The molecule has 0 atom stereocenters. The first-order valence-electron chi connectivity index (χ1n) is 6.84. The highest BCUT2D eigenvalue weighted by atomic mass is 19.1. The van der Waals surface area contributed by atoms with Crippen LogP contribution in [-0.2, 0) is 17.8 Å². The van der Waals surface area contributed by atoms with Crippen molar-refractivity contribution in [3.05, 3.63) is 47.2 Å². The van der Waals surface area contributed by atoms with Gasteiger partial charge in [0, 0.05) is 24.0 Å². The molecule has 0 aromatic carbocycles. The molecule has 22 heavy (non-hydrogen) atoms. The lowest BCUT2D eigenvalue weighted by atomic mass is 10.0. The summed E-state index contributed by atoms with van der Waals surface area (Å²) >= 11 is 0. The van der Waals surface area contributed by atoms with Crippen LogP contribution in [0.15, 0.2) is 24.4 Å². The number of pyridine rings is 1. The number of carbonyl (C=O) groups excluding carboxylic acids is 1. The van der Waals surface area contributed by atoms with E-state index in [2.05, 4.69) is 11.1 Å². The van der Waals surface area contributed by atoms with E-state index in [-0.39, 0.29) is 17.5 Å². The molecule has 0 fully saturated rings. The van der Waals surface area contributed by atoms with Crippen molar-refractivity contribution < 1.29 is 9.18 Å². The van der Waals surface area contributed by atoms with Gasteiger partial charge >= 0.3 is 0 Å². The predicted molar refractivity (Wildman–Crippen MR) is 78.9 cm³/mol. The molecule has 0 saturated carbocycles. The molecular weight excluding hydrogens is 283 g/mol. The van der Waals surface area contributed by atoms with Crippen molar-refractivity contribution in [1.29, 1.82) is 5.26 Å². The number of fused-ring (bicyclic) bond motifs is 1. The number of rotatable bonds is 3. The number of aromatic nitrogens is 2. The molecule has 0 spiro atoms. The summed E-state index contributed by atoms with van der Waals surface area (Å²) in [6, 6.07) is 5.29. The fraction of sp³-hybridized carbons (Fsp3) is 0.188. The van der Waals surface area contributed by atoms with Crippen molar-refractivity contribution in [3.8, 4) is 17.3 Å². The minimum absolute atomic E-state index is 0.0511. The van der Waals surface area contributed by atoms with Crippen LogP contribution in [0.4, 0.5) is 4.39 Å². The lowest BCUT2D eigenvalue weighted by Gasteiger charge is -2.14. The number of primary amides is 1. The molecule has 0 aliphatic carbocycles. The average Bonchev–Trinajstić information content (AvgIpc) is 2.81. The Labute approximate surface area is 126 Å². The summed E-state index contributed by atoms with van der Waals surface area (Å²) in [7, 11) is 0. The fourth-order valence-electron chi connectivity index (χ4n) is 2.83. The molecule has 2 N–H and O–H groups in total. The maximum absolute atomic E-state index is 14.1. The maximum atomic E-state index is 14.1. The quantitative estimate of drug-likeness (QED) is 0.879. The number of nitrogens with two attached hydrogens (primary N) is 1. The summed E-state index contributed by atoms with van der Waals surface area (Å²) < 4.78 is 15.9. The summed E-state index contributed by atoms with van der Waals surface area (Å²) in [5.41, 5.74) is 7.57. The molecule has 2 aromatic heterocycles. The zero-order chi connectivity index (χ0) is 15.7. The van der Waals surface area contributed by atoms with Crippen LogP contribution in [0.1, 0.15) is 23.2 Å². The van der Waals surface area contributed by atoms with Crippen LogP contribution in [0.5, 0.6) is 0 Å². The molecule has 1 aliphatic heterocycles. The van der Waals surface area contributed by atoms with Crippen molar-refractivity contribution in [2.45, 2.75) is 19.4 Å². The van der Waals surface area contributed by atoms with Gasteiger partial charge in [-0.25, -0.2) is 4.98 Å². The Hall–Kier alpha value is -2.94. The summed E-state index contributed by atoms with van der Waals surface area (Å²) in [5, 5.41) is 9.53. The molecule has 3 rings (SSSR count). The van der Waals surface area contributed by atoms with Crippen LogP contribution in [0.2, 0.25) is 0 Å². The van der Waals surface area contributed by atoms with Crippen molar-refractivity contribution in [2.24, 2.45) is 5.73 Å². The molecule has 110 valence electrons. The van der Waals surface area contributed by atoms with Gasteiger partial charge in [-0.3, -0.25) is 4.79 Å². The smallest absolute Gasteiger partial charge is 0.222 e. The molecule has 0 bridgehead atoms. The topological polar surface area (TPSA) is 84.7 Å². The predicted octanol–water partition coefficient (Wildman–Crippen LogP) is 2.01. The summed E-state index contributed by atoms with van der Waals surface area (Å²) in [6.07, 6.45) is 5.89. The van der Waals surface area contributed by atoms with E-state index in [9.17, 15) is 14.4 Å². The Morgan fingerprint density at radius 3 is 3.05 bits per heavy atom. The molecule has 6 heteroatoms. The Bertz CT molecular complexity index is 829. The Kier molecular flexibility index (Phi) is 3.47. The van der Waals surface area contributed by atoms with E-state index in [1.54, 1.807) is 12.1 Å². The average molecular weight is 296 g/mol. The van der Waals surface area contributed by atoms with Crippen molar-refractivity contribution in [3.63, 3.8) is 0 Å². The normalized spacial score (nSPS) is 12.7. The first-order chi connectivity index (χ1) is 10.6. The molecule has 3 heterocycles. The number of hydrogen-bond acceptors (Lipinski definition) is 3. The van der Waals surface area contributed by atoms with Crippen LogP contribution >= 0.6 is 0 Å². The van der Waals surface area contributed by atoms with Crippen LogP contribution < -0.4 is 5.73 Å². The summed E-state index contributed by atoms with van der Waals surface area (Å²) in [5.74, 6) is -1.17. The molecular formula is C16H13FN4O. The SMILES string of the molecule is N#Cc1c(CC(N)=O)c2n(c1-c1cccnc1F)CCC=C2. The van der Waals surface area contributed by atoms with E-state index >= 15 is 0 Å². The molecule has 0 unspecified atom stereocenters. The fourth-order valence-corrected chi connectivity index (χ4v) is 2.83. The second kappa shape index (κ2) is 5.45. The lowest BCUT2D eigenvalue weighted by molar-refractivity contribution is -0.117. The molecule has 0 radical (unpaired) electrons. The van der Waals surface area contributed by atoms with Gasteiger partial charge in [-0.15, -0.1) is 0 Å². The molecule has 5 nitrogen and oxygen atoms in total. The van der Waals surface area contributed by atoms with Crippen molar-refractivity contribution in [1.82, 2.24) is 9.55 Å². The lowest BCUT2D eigenvalue weighted by Crippen LogP contribution is -2.15. The number of nitriles is 1. The number of hydrogen-bond donors (Lipinski definition) is 1. The number of allylic oxidation sites excluding steroid dienone is 1. The second-order valence-electron chi connectivity index (χ2n) is 5.03. The van der Waals surface area contributed by atoms with Gasteiger partial charge in [0.25, 0.3) is 0 Å². The van der Waals surface area contributed by atoms with E-state index in [1.165, 1.54) is 6.20 Å². The first-order valence-corrected chi connectivity index (χ1v) is 6.84. The first kappa shape index (κ1) is 14.0. The summed E-state index contributed by atoms with van der Waals surface area (Å²) in [4.78, 5) is 15.0. The maximum Gasteiger partial charge on any atom is 0.222 e. The standard InChI is InChI=1S/C16H13FN4O/c17-16-10(4-3-6-20-16)15-12(9-18)11(8-14(19)22)13-5-1-2-7-21(13)15/h1,3-6H,2,7-8H2,(H2,19,22). The van der Waals surface area contributed by atoms with Gasteiger partial charge in [-0.1, -0.05) is 6.08 Å². The third kappa shape index (κ3) is 2.17. The zero-order valence-electron chi connectivity index (χ0n) is 11.7. The largest absolute Gasteiger partial charge is 0.369 e. The van der Waals surface area contributed by atoms with E-state index in [4.69, 9.17) is 5.73 Å². The van der Waals surface area contributed by atoms with Crippen LogP contribution in [0.3, 0.4) is 0 Å². The van der Waals surface area contributed by atoms with Gasteiger partial charge in [0.2, 0.25) is 11.9 Å². The molecule has 1 aliphatic rings. The third-order valence-electron chi connectivity index (χ3n) is 3.68.